The maximum absolute atomic E-state index is 12.2. The minimum Gasteiger partial charge on any atom is -0.492 e. The molecule has 0 aliphatic rings. The molecule has 0 fully saturated rings. The van der Waals surface area contributed by atoms with Crippen molar-refractivity contribution in [1.82, 2.24) is 10.6 Å². The van der Waals surface area contributed by atoms with Crippen LogP contribution >= 0.6 is 0 Å². The highest BCUT2D eigenvalue weighted by atomic mass is 16.5. The van der Waals surface area contributed by atoms with E-state index in [2.05, 4.69) is 43.5 Å². The summed E-state index contributed by atoms with van der Waals surface area (Å²) in [6.07, 6.45) is 0. The molecular weight excluding hydrogens is 378 g/mol. The van der Waals surface area contributed by atoms with E-state index in [1.54, 1.807) is 19.2 Å². The Balaban J connectivity index is 1.68. The number of amides is 2. The normalized spacial score (nSPS) is 12.2. The third-order valence-corrected chi connectivity index (χ3v) is 4.82. The van der Waals surface area contributed by atoms with E-state index in [0.29, 0.717) is 31.8 Å². The molecule has 2 aromatic rings. The fraction of sp³-hybridized carbons (Fsp3) is 0.417. The highest BCUT2D eigenvalue weighted by Gasteiger charge is 2.13. The molecule has 0 aliphatic carbocycles. The average molecular weight is 413 g/mol. The van der Waals surface area contributed by atoms with Crippen molar-refractivity contribution in [2.75, 3.05) is 33.8 Å². The second kappa shape index (κ2) is 10.8. The molecule has 0 heterocycles. The van der Waals surface area contributed by atoms with Crippen molar-refractivity contribution >= 4 is 11.8 Å². The number of ether oxygens (including phenoxy) is 1. The van der Waals surface area contributed by atoms with Crippen molar-refractivity contribution in [3.8, 4) is 5.75 Å². The maximum Gasteiger partial charge on any atom is 0.275 e. The van der Waals surface area contributed by atoms with E-state index in [0.717, 1.165) is 16.2 Å². The molecule has 0 aliphatic heterocycles. The Hall–Kier alpha value is -2.86. The second-order valence-electron chi connectivity index (χ2n) is 8.56. The van der Waals surface area contributed by atoms with E-state index in [9.17, 15) is 9.59 Å². The van der Waals surface area contributed by atoms with Crippen LogP contribution < -0.4 is 20.3 Å². The first-order valence-corrected chi connectivity index (χ1v) is 10.3. The van der Waals surface area contributed by atoms with Crippen molar-refractivity contribution in [2.24, 2.45) is 0 Å². The molecule has 2 aromatic carbocycles. The Morgan fingerprint density at radius 1 is 1.00 bits per heavy atom. The van der Waals surface area contributed by atoms with E-state index in [1.165, 1.54) is 5.56 Å². The number of rotatable bonds is 9. The molecule has 0 aromatic heterocycles. The third-order valence-electron chi connectivity index (χ3n) is 4.82. The lowest BCUT2D eigenvalue weighted by atomic mass is 9.87. The van der Waals surface area contributed by atoms with Crippen molar-refractivity contribution in [3.05, 3.63) is 65.2 Å². The Morgan fingerprint density at radius 3 is 2.20 bits per heavy atom. The van der Waals surface area contributed by atoms with Crippen LogP contribution in [0.3, 0.4) is 0 Å². The maximum atomic E-state index is 12.2. The van der Waals surface area contributed by atoms with Gasteiger partial charge in [0.05, 0.1) is 13.6 Å². The number of hydrogen-bond donors (Lipinski definition) is 3. The van der Waals surface area contributed by atoms with E-state index >= 15 is 0 Å². The zero-order chi connectivity index (χ0) is 22.1. The molecule has 6 heteroatoms. The topological polar surface area (TPSA) is 71.9 Å². The van der Waals surface area contributed by atoms with Gasteiger partial charge in [0.1, 0.15) is 18.9 Å². The highest BCUT2D eigenvalue weighted by molar-refractivity contribution is 5.93. The summed E-state index contributed by atoms with van der Waals surface area (Å²) in [4.78, 5) is 24.8. The molecule has 162 valence electrons. The number of nitrogens with one attached hydrogen (secondary N) is 3. The number of carbonyl (C=O) groups is 2. The summed E-state index contributed by atoms with van der Waals surface area (Å²) in [6, 6.07) is 15.5. The zero-order valence-corrected chi connectivity index (χ0v) is 18.7. The van der Waals surface area contributed by atoms with Crippen LogP contribution in [0.1, 0.15) is 42.3 Å². The van der Waals surface area contributed by atoms with Gasteiger partial charge in [-0.2, -0.15) is 0 Å². The number of likely N-dealkylation sites (N-methyl/N-ethyl adjacent to an activating group) is 1. The molecule has 1 unspecified atom stereocenters. The van der Waals surface area contributed by atoms with Gasteiger partial charge in [0, 0.05) is 18.2 Å². The van der Waals surface area contributed by atoms with E-state index in [-0.39, 0.29) is 17.2 Å². The van der Waals surface area contributed by atoms with Crippen molar-refractivity contribution in [1.29, 1.82) is 0 Å². The summed E-state index contributed by atoms with van der Waals surface area (Å²) in [5.41, 5.74) is 3.09. The Bertz CT molecular complexity index is 824. The Labute approximate surface area is 179 Å². The fourth-order valence-corrected chi connectivity index (χ4v) is 3.08. The first kappa shape index (κ1) is 23.4. The van der Waals surface area contributed by atoms with Gasteiger partial charge in [-0.15, -0.1) is 0 Å². The van der Waals surface area contributed by atoms with Gasteiger partial charge in [0.25, 0.3) is 11.8 Å². The smallest absolute Gasteiger partial charge is 0.275 e. The van der Waals surface area contributed by atoms with Crippen LogP contribution in [0.2, 0.25) is 0 Å². The summed E-state index contributed by atoms with van der Waals surface area (Å²) in [6.45, 7) is 8.51. The quantitative estimate of drug-likeness (QED) is 0.548. The summed E-state index contributed by atoms with van der Waals surface area (Å²) < 4.78 is 5.71. The molecule has 6 nitrogen and oxygen atoms in total. The first-order chi connectivity index (χ1) is 14.2. The minimum absolute atomic E-state index is 0.0128. The molecule has 3 N–H and O–H groups in total. The number of benzene rings is 2. The van der Waals surface area contributed by atoms with Gasteiger partial charge in [-0.05, 0) is 35.2 Å². The lowest BCUT2D eigenvalue weighted by Gasteiger charge is -2.19. The van der Waals surface area contributed by atoms with Crippen molar-refractivity contribution in [3.63, 3.8) is 0 Å². The average Bonchev–Trinajstić information content (AvgIpc) is 2.70. The zero-order valence-electron chi connectivity index (χ0n) is 18.7. The van der Waals surface area contributed by atoms with E-state index in [1.807, 2.05) is 31.3 Å². The predicted molar refractivity (Wildman–Crippen MR) is 119 cm³/mol. The minimum atomic E-state index is -0.103. The number of hydrogen-bond acceptors (Lipinski definition) is 3. The van der Waals surface area contributed by atoms with Crippen LogP contribution in [0, 0.1) is 0 Å². The van der Waals surface area contributed by atoms with E-state index in [4.69, 9.17) is 4.74 Å². The molecule has 1 atom stereocenters. The van der Waals surface area contributed by atoms with Crippen LogP contribution in [0.4, 0.5) is 0 Å². The van der Waals surface area contributed by atoms with Gasteiger partial charge < -0.3 is 20.3 Å². The van der Waals surface area contributed by atoms with Crippen LogP contribution in [0.5, 0.6) is 5.75 Å². The van der Waals surface area contributed by atoms with Crippen LogP contribution in [0.25, 0.3) is 0 Å². The van der Waals surface area contributed by atoms with Gasteiger partial charge in [-0.1, -0.05) is 45.0 Å². The lowest BCUT2D eigenvalue weighted by molar-refractivity contribution is -0.885. The fourth-order valence-electron chi connectivity index (χ4n) is 3.08. The summed E-state index contributed by atoms with van der Waals surface area (Å²) >= 11 is 0. The molecule has 0 radical (unpaired) electrons. The lowest BCUT2D eigenvalue weighted by Crippen LogP contribution is -3.08. The van der Waals surface area contributed by atoms with Crippen LogP contribution in [-0.4, -0.2) is 45.6 Å². The number of carbonyl (C=O) groups excluding carboxylic acids is 2. The summed E-state index contributed by atoms with van der Waals surface area (Å²) in [5.74, 6) is 0.690. The molecule has 30 heavy (non-hydrogen) atoms. The van der Waals surface area contributed by atoms with Crippen molar-refractivity contribution < 1.29 is 19.2 Å². The third kappa shape index (κ3) is 7.52. The molecule has 0 saturated heterocycles. The molecule has 0 spiro atoms. The molecule has 2 amide bonds. The van der Waals surface area contributed by atoms with Crippen LogP contribution in [0.15, 0.2) is 48.5 Å². The van der Waals surface area contributed by atoms with Gasteiger partial charge >= 0.3 is 0 Å². The molecule has 0 bridgehead atoms. The SMILES string of the molecule is CNC(=O)c1ccc(C[NH+](C)CC(=O)NCCOc2ccc(C(C)(C)C)cc2)cc1. The monoisotopic (exact) mass is 412 g/mol. The summed E-state index contributed by atoms with van der Waals surface area (Å²) in [7, 11) is 3.58. The Kier molecular flexibility index (Phi) is 8.42. The van der Waals surface area contributed by atoms with Gasteiger partial charge in [-0.3, -0.25) is 9.59 Å². The van der Waals surface area contributed by atoms with E-state index < -0.39 is 0 Å². The molecular formula is C24H34N3O3+. The Morgan fingerprint density at radius 2 is 1.63 bits per heavy atom. The predicted octanol–water partition coefficient (Wildman–Crippen LogP) is 1.55. The van der Waals surface area contributed by atoms with Crippen LogP contribution in [-0.2, 0) is 16.8 Å². The number of quaternary nitrogens is 1. The van der Waals surface area contributed by atoms with Gasteiger partial charge in [-0.25, -0.2) is 0 Å². The van der Waals surface area contributed by atoms with Crippen molar-refractivity contribution in [2.45, 2.75) is 32.7 Å². The largest absolute Gasteiger partial charge is 0.492 e. The second-order valence-corrected chi connectivity index (χ2v) is 8.56. The highest BCUT2D eigenvalue weighted by Crippen LogP contribution is 2.24. The first-order valence-electron chi connectivity index (χ1n) is 10.3. The van der Waals surface area contributed by atoms with Gasteiger partial charge in [0.2, 0.25) is 0 Å². The molecule has 0 saturated carbocycles. The summed E-state index contributed by atoms with van der Waals surface area (Å²) in [5, 5.41) is 5.50. The molecule has 2 rings (SSSR count). The standard InChI is InChI=1S/C24H33N3O3/c1-24(2,3)20-10-12-21(13-11-20)30-15-14-26-22(28)17-27(5)16-18-6-8-19(9-7-18)23(29)25-4/h6-13H,14-17H2,1-5H3,(H,25,29)(H,26,28)/p+1. The van der Waals surface area contributed by atoms with Gasteiger partial charge in [0.15, 0.2) is 6.54 Å².